The summed E-state index contributed by atoms with van der Waals surface area (Å²) in [6.45, 7) is 4.28. The van der Waals surface area contributed by atoms with Crippen LogP contribution < -0.4 is 10.9 Å². The number of esters is 1. The van der Waals surface area contributed by atoms with Crippen molar-refractivity contribution in [3.63, 3.8) is 0 Å². The van der Waals surface area contributed by atoms with Gasteiger partial charge >= 0.3 is 5.97 Å². The van der Waals surface area contributed by atoms with Crippen LogP contribution in [0.3, 0.4) is 0 Å². The van der Waals surface area contributed by atoms with E-state index in [1.165, 1.54) is 7.11 Å². The van der Waals surface area contributed by atoms with Gasteiger partial charge in [-0.1, -0.05) is 6.07 Å². The van der Waals surface area contributed by atoms with Crippen molar-refractivity contribution >= 4 is 5.97 Å². The highest BCUT2D eigenvalue weighted by atomic mass is 16.5. The molecule has 2 unspecified atom stereocenters. The molecule has 27 heavy (non-hydrogen) atoms. The van der Waals surface area contributed by atoms with Crippen molar-refractivity contribution in [1.82, 2.24) is 35.5 Å². The van der Waals surface area contributed by atoms with E-state index in [9.17, 15) is 4.79 Å². The molecule has 1 fully saturated rings. The smallest absolute Gasteiger partial charge is 0.324 e. The maximum Gasteiger partial charge on any atom is 0.324 e. The van der Waals surface area contributed by atoms with Gasteiger partial charge in [-0.15, -0.1) is 10.2 Å². The molecule has 0 saturated carbocycles. The largest absolute Gasteiger partial charge is 0.468 e. The number of hydrazine groups is 1. The summed E-state index contributed by atoms with van der Waals surface area (Å²) in [6.07, 6.45) is 5.25. The summed E-state index contributed by atoms with van der Waals surface area (Å²) in [6, 6.07) is 3.71. The molecule has 2 aliphatic rings. The second-order valence-corrected chi connectivity index (χ2v) is 7.06. The summed E-state index contributed by atoms with van der Waals surface area (Å²) in [5, 5.41) is 8.80. The number of methoxy groups -OCH3 is 1. The Kier molecular flexibility index (Phi) is 5.42. The third-order valence-electron chi connectivity index (χ3n) is 5.32. The Morgan fingerprint density at radius 2 is 2.26 bits per heavy atom. The summed E-state index contributed by atoms with van der Waals surface area (Å²) < 4.78 is 7.13. The van der Waals surface area contributed by atoms with Gasteiger partial charge in [0.25, 0.3) is 0 Å². The van der Waals surface area contributed by atoms with Crippen molar-refractivity contribution in [2.24, 2.45) is 5.92 Å². The predicted octanol–water partition coefficient (Wildman–Crippen LogP) is -0.612. The minimum Gasteiger partial charge on any atom is -0.468 e. The molecule has 9 nitrogen and oxygen atoms in total. The first-order chi connectivity index (χ1) is 13.2. The van der Waals surface area contributed by atoms with E-state index in [1.54, 1.807) is 6.20 Å². The van der Waals surface area contributed by atoms with Crippen molar-refractivity contribution in [2.75, 3.05) is 33.3 Å². The Morgan fingerprint density at radius 1 is 1.33 bits per heavy atom. The third kappa shape index (κ3) is 4.00. The zero-order valence-corrected chi connectivity index (χ0v) is 15.5. The van der Waals surface area contributed by atoms with Crippen molar-refractivity contribution in [3.05, 3.63) is 41.7 Å². The molecule has 0 spiro atoms. The molecule has 1 saturated heterocycles. The first kappa shape index (κ1) is 18.0. The Hall–Kier alpha value is -2.36. The van der Waals surface area contributed by atoms with Crippen LogP contribution in [0.4, 0.5) is 0 Å². The number of rotatable bonds is 5. The number of pyridine rings is 1. The summed E-state index contributed by atoms with van der Waals surface area (Å²) in [7, 11) is 1.43. The van der Waals surface area contributed by atoms with Gasteiger partial charge in [-0.2, -0.15) is 0 Å². The second kappa shape index (κ2) is 8.12. The highest BCUT2D eigenvalue weighted by Gasteiger charge is 2.35. The molecule has 0 amide bonds. The number of fused-ring (bicyclic) bond motifs is 1. The molecule has 0 aromatic carbocycles. The van der Waals surface area contributed by atoms with Crippen LogP contribution in [-0.4, -0.2) is 69.9 Å². The molecule has 2 aromatic rings. The van der Waals surface area contributed by atoms with Crippen LogP contribution in [0.2, 0.25) is 0 Å². The maximum atomic E-state index is 11.9. The van der Waals surface area contributed by atoms with Crippen molar-refractivity contribution < 1.29 is 9.53 Å². The van der Waals surface area contributed by atoms with E-state index < -0.39 is 0 Å². The minimum atomic E-state index is -0.293. The number of carbonyl (C=O) groups excluding carboxylic acids is 1. The Bertz CT molecular complexity index is 779. The Labute approximate surface area is 158 Å². The molecule has 4 rings (SSSR count). The molecule has 0 radical (unpaired) electrons. The molecular formula is C18H25N7O2. The van der Waals surface area contributed by atoms with Crippen LogP contribution in [0.15, 0.2) is 24.5 Å². The molecule has 144 valence electrons. The number of hydrogen-bond donors (Lipinski definition) is 2. The minimum absolute atomic E-state index is 0.191. The number of hydrogen-bond acceptors (Lipinski definition) is 8. The highest BCUT2D eigenvalue weighted by Crippen LogP contribution is 2.16. The third-order valence-corrected chi connectivity index (χ3v) is 5.32. The Balaban J connectivity index is 1.39. The standard InChI is InChI=1S/C18H25N7O2/c1-27-18(26)17-14(11-20-23-17)12-24-6-4-15-21-22-16(25(15)8-7-24)9-13-3-2-5-19-10-13/h2-3,5,10,14,17,20,23H,4,6-9,11-12H2,1H3. The normalized spacial score (nSPS) is 23.0. The predicted molar refractivity (Wildman–Crippen MR) is 97.6 cm³/mol. The van der Waals surface area contributed by atoms with E-state index in [4.69, 9.17) is 4.74 Å². The molecule has 2 aromatic heterocycles. The second-order valence-electron chi connectivity index (χ2n) is 7.06. The number of aromatic nitrogens is 4. The number of nitrogens with one attached hydrogen (secondary N) is 2. The number of ether oxygens (including phenoxy) is 1. The zero-order valence-electron chi connectivity index (χ0n) is 15.5. The average Bonchev–Trinajstić information content (AvgIpc) is 3.25. The first-order valence-corrected chi connectivity index (χ1v) is 9.33. The summed E-state index contributed by atoms with van der Waals surface area (Å²) in [5.74, 6) is 1.99. The summed E-state index contributed by atoms with van der Waals surface area (Å²) in [5.41, 5.74) is 7.24. The monoisotopic (exact) mass is 371 g/mol. The lowest BCUT2D eigenvalue weighted by atomic mass is 10.0. The van der Waals surface area contributed by atoms with Gasteiger partial charge in [-0.05, 0) is 11.6 Å². The number of carbonyl (C=O) groups is 1. The van der Waals surface area contributed by atoms with E-state index >= 15 is 0 Å². The van der Waals surface area contributed by atoms with Gasteiger partial charge in [0.05, 0.1) is 7.11 Å². The van der Waals surface area contributed by atoms with Crippen LogP contribution in [0.25, 0.3) is 0 Å². The molecule has 0 bridgehead atoms. The fraction of sp³-hybridized carbons (Fsp3) is 0.556. The van der Waals surface area contributed by atoms with Gasteiger partial charge in [0.2, 0.25) is 0 Å². The lowest BCUT2D eigenvalue weighted by Gasteiger charge is -2.25. The average molecular weight is 371 g/mol. The van der Waals surface area contributed by atoms with Crippen LogP contribution in [-0.2, 0) is 28.9 Å². The first-order valence-electron chi connectivity index (χ1n) is 9.33. The van der Waals surface area contributed by atoms with Crippen molar-refractivity contribution in [2.45, 2.75) is 25.4 Å². The lowest BCUT2D eigenvalue weighted by Crippen LogP contribution is -2.43. The van der Waals surface area contributed by atoms with Gasteiger partial charge in [0.15, 0.2) is 0 Å². The van der Waals surface area contributed by atoms with E-state index in [2.05, 4.69) is 41.6 Å². The van der Waals surface area contributed by atoms with Gasteiger partial charge < -0.3 is 14.2 Å². The van der Waals surface area contributed by atoms with E-state index in [-0.39, 0.29) is 17.9 Å². The molecular weight excluding hydrogens is 346 g/mol. The van der Waals surface area contributed by atoms with E-state index in [0.29, 0.717) is 0 Å². The molecule has 9 heteroatoms. The molecule has 2 N–H and O–H groups in total. The van der Waals surface area contributed by atoms with Crippen molar-refractivity contribution in [3.8, 4) is 0 Å². The maximum absolute atomic E-state index is 11.9. The molecule has 4 heterocycles. The van der Waals surface area contributed by atoms with Gasteiger partial charge in [-0.25, -0.2) is 5.43 Å². The summed E-state index contributed by atoms with van der Waals surface area (Å²) in [4.78, 5) is 18.5. The highest BCUT2D eigenvalue weighted by molar-refractivity contribution is 5.76. The summed E-state index contributed by atoms with van der Waals surface area (Å²) >= 11 is 0. The van der Waals surface area contributed by atoms with Gasteiger partial charge in [0.1, 0.15) is 17.7 Å². The van der Waals surface area contributed by atoms with Crippen LogP contribution in [0.5, 0.6) is 0 Å². The fourth-order valence-electron chi connectivity index (χ4n) is 3.84. The Morgan fingerprint density at radius 3 is 3.07 bits per heavy atom. The van der Waals surface area contributed by atoms with E-state index in [1.807, 2.05) is 12.3 Å². The lowest BCUT2D eigenvalue weighted by molar-refractivity contribution is -0.144. The van der Waals surface area contributed by atoms with E-state index in [0.717, 1.165) is 62.8 Å². The molecule has 0 aliphatic carbocycles. The number of nitrogens with zero attached hydrogens (tertiary/aromatic N) is 5. The topological polar surface area (TPSA) is 97.2 Å². The van der Waals surface area contributed by atoms with Gasteiger partial charge in [-0.3, -0.25) is 15.2 Å². The quantitative estimate of drug-likeness (QED) is 0.672. The van der Waals surface area contributed by atoms with Gasteiger partial charge in [0, 0.05) is 63.9 Å². The fourth-order valence-corrected chi connectivity index (χ4v) is 3.84. The van der Waals surface area contributed by atoms with Crippen LogP contribution in [0.1, 0.15) is 17.2 Å². The zero-order chi connectivity index (χ0) is 18.6. The SMILES string of the molecule is COC(=O)C1NNCC1CN1CCc2nnc(Cc3cccnc3)n2CC1. The molecule has 2 atom stereocenters. The van der Waals surface area contributed by atoms with Crippen LogP contribution >= 0.6 is 0 Å². The van der Waals surface area contributed by atoms with Crippen molar-refractivity contribution in [1.29, 1.82) is 0 Å². The molecule has 2 aliphatic heterocycles. The van der Waals surface area contributed by atoms with Crippen LogP contribution in [0, 0.1) is 5.92 Å².